The highest BCUT2D eigenvalue weighted by Gasteiger charge is 1.75. The van der Waals surface area contributed by atoms with E-state index in [0.717, 1.165) is 0 Å². The highest BCUT2D eigenvalue weighted by atomic mass is 16.5. The summed E-state index contributed by atoms with van der Waals surface area (Å²) in [5.41, 5.74) is 0. The van der Waals surface area contributed by atoms with E-state index in [1.807, 2.05) is 0 Å². The molecule has 1 N–H and O–H groups in total. The predicted octanol–water partition coefficient (Wildman–Crippen LogP) is 0.589. The quantitative estimate of drug-likeness (QED) is 0.539. The summed E-state index contributed by atoms with van der Waals surface area (Å²) in [7, 11) is 1.35. The molecule has 0 bridgehead atoms. The third kappa shape index (κ3) is 6.68. The molecule has 0 aromatic carbocycles. The molecule has 10 heavy (non-hydrogen) atoms. The second-order valence-corrected chi connectivity index (χ2v) is 1.46. The molecule has 0 atom stereocenters. The Hall–Kier alpha value is -1.32. The lowest BCUT2D eigenvalue weighted by molar-refractivity contribution is -0.137. The van der Waals surface area contributed by atoms with Crippen LogP contribution in [-0.4, -0.2) is 23.0 Å². The third-order valence-corrected chi connectivity index (χ3v) is 0.693. The van der Waals surface area contributed by atoms with Crippen LogP contribution in [0.2, 0.25) is 0 Å². The topological polar surface area (TPSA) is 55.0 Å². The van der Waals surface area contributed by atoms with Crippen molar-refractivity contribution < 1.29 is 9.53 Å². The minimum atomic E-state index is -0.245. The molecule has 1 heterocycles. The van der Waals surface area contributed by atoms with E-state index < -0.39 is 0 Å². The Kier molecular flexibility index (Phi) is 5.04. The van der Waals surface area contributed by atoms with E-state index in [1.165, 1.54) is 14.0 Å². The van der Waals surface area contributed by atoms with Gasteiger partial charge in [-0.3, -0.25) is 4.79 Å². The fourth-order valence-corrected chi connectivity index (χ4v) is 0.215. The first-order chi connectivity index (χ1) is 4.77. The highest BCUT2D eigenvalue weighted by Crippen LogP contribution is 1.62. The molecule has 0 radical (unpaired) electrons. The van der Waals surface area contributed by atoms with E-state index in [4.69, 9.17) is 0 Å². The van der Waals surface area contributed by atoms with Crippen molar-refractivity contribution >= 4 is 5.97 Å². The normalized spacial score (nSPS) is 7.40. The number of rotatable bonds is 0. The Morgan fingerprint density at radius 1 is 1.70 bits per heavy atom. The van der Waals surface area contributed by atoms with Crippen molar-refractivity contribution in [3.05, 3.63) is 18.7 Å². The van der Waals surface area contributed by atoms with E-state index >= 15 is 0 Å². The zero-order chi connectivity index (χ0) is 7.82. The molecule has 1 aromatic rings. The molecule has 0 amide bonds. The van der Waals surface area contributed by atoms with Crippen molar-refractivity contribution in [1.82, 2.24) is 9.97 Å². The molecule has 0 spiro atoms. The average molecular weight is 142 g/mol. The predicted molar refractivity (Wildman–Crippen MR) is 36.3 cm³/mol. The number of ether oxygens (including phenoxy) is 1. The number of nitrogens with one attached hydrogen (secondary N) is 1. The van der Waals surface area contributed by atoms with Gasteiger partial charge in [0.1, 0.15) is 0 Å². The van der Waals surface area contributed by atoms with Crippen molar-refractivity contribution in [3.63, 3.8) is 0 Å². The van der Waals surface area contributed by atoms with Crippen LogP contribution < -0.4 is 0 Å². The van der Waals surface area contributed by atoms with Crippen LogP contribution in [-0.2, 0) is 9.53 Å². The summed E-state index contributed by atoms with van der Waals surface area (Å²) < 4.78 is 4.11. The lowest BCUT2D eigenvalue weighted by Gasteiger charge is -1.80. The fraction of sp³-hybridized carbons (Fsp3) is 0.333. The summed E-state index contributed by atoms with van der Waals surface area (Å²) in [5, 5.41) is 0. The van der Waals surface area contributed by atoms with Gasteiger partial charge in [-0.05, 0) is 0 Å². The van der Waals surface area contributed by atoms with Crippen LogP contribution in [0, 0.1) is 0 Å². The second kappa shape index (κ2) is 5.81. The highest BCUT2D eigenvalue weighted by molar-refractivity contribution is 5.65. The van der Waals surface area contributed by atoms with Crippen molar-refractivity contribution in [2.24, 2.45) is 0 Å². The molecule has 0 aliphatic rings. The number of esters is 1. The summed E-state index contributed by atoms with van der Waals surface area (Å²) in [6, 6.07) is 0. The number of nitrogens with zero attached hydrogens (tertiary/aromatic N) is 1. The van der Waals surface area contributed by atoms with Crippen LogP contribution in [0.1, 0.15) is 6.92 Å². The SMILES string of the molecule is COC(C)=O.c1c[nH]cn1. The molecule has 0 aliphatic carbocycles. The van der Waals surface area contributed by atoms with Crippen molar-refractivity contribution in [2.45, 2.75) is 6.92 Å². The Labute approximate surface area is 59.2 Å². The molecule has 1 aromatic heterocycles. The summed E-state index contributed by atoms with van der Waals surface area (Å²) in [5.74, 6) is -0.245. The molecule has 4 heteroatoms. The minimum Gasteiger partial charge on any atom is -0.469 e. The molecular weight excluding hydrogens is 132 g/mol. The van der Waals surface area contributed by atoms with Crippen molar-refractivity contribution in [1.29, 1.82) is 0 Å². The maximum Gasteiger partial charge on any atom is 0.302 e. The first-order valence-electron chi connectivity index (χ1n) is 2.74. The number of aromatic nitrogens is 2. The maximum absolute atomic E-state index is 9.59. The zero-order valence-corrected chi connectivity index (χ0v) is 6.00. The summed E-state index contributed by atoms with van der Waals surface area (Å²) in [6.45, 7) is 1.36. The van der Waals surface area contributed by atoms with Gasteiger partial charge in [-0.2, -0.15) is 0 Å². The van der Waals surface area contributed by atoms with Crippen LogP contribution >= 0.6 is 0 Å². The van der Waals surface area contributed by atoms with Crippen molar-refractivity contribution in [2.75, 3.05) is 7.11 Å². The zero-order valence-electron chi connectivity index (χ0n) is 6.00. The molecule has 56 valence electrons. The van der Waals surface area contributed by atoms with Gasteiger partial charge in [-0.25, -0.2) is 4.98 Å². The minimum absolute atomic E-state index is 0.245. The summed E-state index contributed by atoms with van der Waals surface area (Å²) in [6.07, 6.45) is 5.08. The number of hydrogen-bond donors (Lipinski definition) is 1. The number of hydrogen-bond acceptors (Lipinski definition) is 3. The molecule has 1 rings (SSSR count). The lowest BCUT2D eigenvalue weighted by atomic mass is 10.8. The molecule has 0 saturated heterocycles. The van der Waals surface area contributed by atoms with Crippen LogP contribution in [0.25, 0.3) is 0 Å². The van der Waals surface area contributed by atoms with Gasteiger partial charge in [-0.1, -0.05) is 0 Å². The number of aromatic amines is 1. The maximum atomic E-state index is 9.59. The molecule has 0 unspecified atom stereocenters. The standard InChI is InChI=1S/C3H4N2.C3H6O2/c1-2-5-3-4-1;1-3(4)5-2/h1-3H,(H,4,5);1-2H3. The summed E-state index contributed by atoms with van der Waals surface area (Å²) >= 11 is 0. The Bertz CT molecular complexity index is 143. The van der Waals surface area contributed by atoms with Gasteiger partial charge in [0, 0.05) is 19.3 Å². The van der Waals surface area contributed by atoms with Gasteiger partial charge in [0.25, 0.3) is 0 Å². The van der Waals surface area contributed by atoms with Crippen LogP contribution in [0.5, 0.6) is 0 Å². The van der Waals surface area contributed by atoms with Crippen molar-refractivity contribution in [3.8, 4) is 0 Å². The van der Waals surface area contributed by atoms with E-state index in [2.05, 4.69) is 14.7 Å². The Balaban J connectivity index is 0.000000162. The van der Waals surface area contributed by atoms with E-state index in [0.29, 0.717) is 0 Å². The number of carbonyl (C=O) groups is 1. The van der Waals surface area contributed by atoms with Gasteiger partial charge < -0.3 is 9.72 Å². The first kappa shape index (κ1) is 8.68. The Morgan fingerprint density at radius 2 is 2.30 bits per heavy atom. The van der Waals surface area contributed by atoms with Crippen LogP contribution in [0.4, 0.5) is 0 Å². The first-order valence-corrected chi connectivity index (χ1v) is 2.74. The van der Waals surface area contributed by atoms with Crippen LogP contribution in [0.3, 0.4) is 0 Å². The van der Waals surface area contributed by atoms with Gasteiger partial charge in [-0.15, -0.1) is 0 Å². The van der Waals surface area contributed by atoms with Gasteiger partial charge >= 0.3 is 5.97 Å². The average Bonchev–Trinajstić information content (AvgIpc) is 2.43. The third-order valence-electron chi connectivity index (χ3n) is 0.693. The van der Waals surface area contributed by atoms with Gasteiger partial charge in [0.15, 0.2) is 0 Å². The second-order valence-electron chi connectivity index (χ2n) is 1.46. The van der Waals surface area contributed by atoms with Gasteiger partial charge in [0.05, 0.1) is 13.4 Å². The number of imidazole rings is 1. The van der Waals surface area contributed by atoms with E-state index in [1.54, 1.807) is 18.7 Å². The van der Waals surface area contributed by atoms with Crippen LogP contribution in [0.15, 0.2) is 18.7 Å². The molecule has 0 saturated carbocycles. The van der Waals surface area contributed by atoms with E-state index in [-0.39, 0.29) is 5.97 Å². The monoisotopic (exact) mass is 142 g/mol. The number of carbonyl (C=O) groups excluding carboxylic acids is 1. The smallest absolute Gasteiger partial charge is 0.302 e. The number of H-pyrrole nitrogens is 1. The molecule has 0 fully saturated rings. The van der Waals surface area contributed by atoms with Gasteiger partial charge in [0.2, 0.25) is 0 Å². The number of methoxy groups -OCH3 is 1. The largest absolute Gasteiger partial charge is 0.469 e. The molecular formula is C6H10N2O2. The molecule has 4 nitrogen and oxygen atoms in total. The molecule has 0 aliphatic heterocycles. The Morgan fingerprint density at radius 3 is 2.40 bits per heavy atom. The summed E-state index contributed by atoms with van der Waals surface area (Å²) in [4.78, 5) is 16.0. The van der Waals surface area contributed by atoms with E-state index in [9.17, 15) is 4.79 Å². The fourth-order valence-electron chi connectivity index (χ4n) is 0.215. The lowest BCUT2D eigenvalue weighted by Crippen LogP contribution is -1.88.